The third-order valence-electron chi connectivity index (χ3n) is 5.19. The van der Waals surface area contributed by atoms with E-state index in [-0.39, 0.29) is 17.3 Å². The summed E-state index contributed by atoms with van der Waals surface area (Å²) < 4.78 is 38.0. The number of methoxy groups -OCH3 is 2. The summed E-state index contributed by atoms with van der Waals surface area (Å²) in [7, 11) is -0.836. The van der Waals surface area contributed by atoms with E-state index in [1.54, 1.807) is 18.2 Å². The van der Waals surface area contributed by atoms with Crippen LogP contribution in [0.4, 0.5) is 5.69 Å². The highest BCUT2D eigenvalue weighted by Gasteiger charge is 2.33. The van der Waals surface area contributed by atoms with Crippen LogP contribution in [-0.4, -0.2) is 45.9 Å². The molecule has 0 spiro atoms. The van der Waals surface area contributed by atoms with Gasteiger partial charge in [-0.3, -0.25) is 4.79 Å². The number of nitrogens with one attached hydrogen (secondary N) is 1. The zero-order valence-electron chi connectivity index (χ0n) is 17.1. The highest BCUT2D eigenvalue weighted by molar-refractivity contribution is 7.89. The number of piperidine rings is 1. The van der Waals surface area contributed by atoms with Crippen LogP contribution in [0.1, 0.15) is 18.4 Å². The molecule has 1 saturated heterocycles. The van der Waals surface area contributed by atoms with E-state index in [9.17, 15) is 13.2 Å². The van der Waals surface area contributed by atoms with Crippen molar-refractivity contribution in [3.05, 3.63) is 47.0 Å². The first-order valence-electron chi connectivity index (χ1n) is 9.55. The van der Waals surface area contributed by atoms with Crippen LogP contribution in [0.25, 0.3) is 0 Å². The van der Waals surface area contributed by atoms with Gasteiger partial charge in [-0.2, -0.15) is 4.31 Å². The van der Waals surface area contributed by atoms with Crippen molar-refractivity contribution < 1.29 is 22.7 Å². The number of carbonyl (C=O) groups excluding carboxylic acids is 1. The predicted octanol–water partition coefficient (Wildman–Crippen LogP) is 3.71. The van der Waals surface area contributed by atoms with Gasteiger partial charge in [0, 0.05) is 29.9 Å². The van der Waals surface area contributed by atoms with Crippen molar-refractivity contribution in [3.63, 3.8) is 0 Å². The summed E-state index contributed by atoms with van der Waals surface area (Å²) in [5.74, 6) is 0.112. The van der Waals surface area contributed by atoms with E-state index >= 15 is 0 Å². The monoisotopic (exact) mass is 452 g/mol. The molecule has 9 heteroatoms. The van der Waals surface area contributed by atoms with E-state index in [2.05, 4.69) is 5.32 Å². The van der Waals surface area contributed by atoms with Gasteiger partial charge in [-0.1, -0.05) is 17.7 Å². The second-order valence-corrected chi connectivity index (χ2v) is 9.52. The van der Waals surface area contributed by atoms with Crippen molar-refractivity contribution in [1.29, 1.82) is 0 Å². The number of rotatable bonds is 6. The molecule has 162 valence electrons. The van der Waals surface area contributed by atoms with Crippen molar-refractivity contribution in [2.24, 2.45) is 5.92 Å². The first-order chi connectivity index (χ1) is 14.3. The molecule has 0 saturated carbocycles. The van der Waals surface area contributed by atoms with Gasteiger partial charge in [0.15, 0.2) is 11.5 Å². The van der Waals surface area contributed by atoms with Crippen LogP contribution in [0, 0.1) is 12.8 Å². The number of benzene rings is 2. The number of amides is 1. The molecule has 1 atom stereocenters. The van der Waals surface area contributed by atoms with Crippen LogP contribution in [0.3, 0.4) is 0 Å². The van der Waals surface area contributed by atoms with Crippen LogP contribution in [-0.2, 0) is 14.8 Å². The first kappa shape index (κ1) is 22.4. The summed E-state index contributed by atoms with van der Waals surface area (Å²) in [6.45, 7) is 2.35. The molecule has 7 nitrogen and oxygen atoms in total. The SMILES string of the molecule is COc1ccc(S(=O)(=O)N2CCC[C@H](C(=O)Nc3ccc(C)c(Cl)c3)C2)cc1OC. The zero-order chi connectivity index (χ0) is 21.9. The topological polar surface area (TPSA) is 84.9 Å². The number of nitrogens with zero attached hydrogens (tertiary/aromatic N) is 1. The lowest BCUT2D eigenvalue weighted by Crippen LogP contribution is -2.43. The Hall–Kier alpha value is -2.29. The molecule has 1 heterocycles. The van der Waals surface area contributed by atoms with Gasteiger partial charge in [0.2, 0.25) is 15.9 Å². The summed E-state index contributed by atoms with van der Waals surface area (Å²) in [6, 6.07) is 9.77. The van der Waals surface area contributed by atoms with Gasteiger partial charge in [0.05, 0.1) is 25.0 Å². The molecule has 0 aliphatic carbocycles. The fourth-order valence-corrected chi connectivity index (χ4v) is 5.14. The molecule has 3 rings (SSSR count). The van der Waals surface area contributed by atoms with Gasteiger partial charge < -0.3 is 14.8 Å². The highest BCUT2D eigenvalue weighted by Crippen LogP contribution is 2.32. The Kier molecular flexibility index (Phi) is 6.90. The third kappa shape index (κ3) is 4.71. The minimum atomic E-state index is -3.77. The minimum absolute atomic E-state index is 0.103. The van der Waals surface area contributed by atoms with E-state index < -0.39 is 15.9 Å². The highest BCUT2D eigenvalue weighted by atomic mass is 35.5. The molecule has 1 fully saturated rings. The molecule has 1 amide bonds. The molecular weight excluding hydrogens is 428 g/mol. The second kappa shape index (κ2) is 9.24. The Labute approximate surface area is 182 Å². The number of anilines is 1. The van der Waals surface area contributed by atoms with Gasteiger partial charge in [-0.05, 0) is 49.6 Å². The molecular formula is C21H25ClN2O5S. The van der Waals surface area contributed by atoms with E-state index in [0.29, 0.717) is 41.6 Å². The molecule has 2 aromatic rings. The van der Waals surface area contributed by atoms with Crippen molar-refractivity contribution in [2.45, 2.75) is 24.7 Å². The predicted molar refractivity (Wildman–Crippen MR) is 116 cm³/mol. The maximum Gasteiger partial charge on any atom is 0.243 e. The smallest absolute Gasteiger partial charge is 0.243 e. The van der Waals surface area contributed by atoms with Crippen LogP contribution in [0.5, 0.6) is 11.5 Å². The van der Waals surface area contributed by atoms with Crippen molar-refractivity contribution in [1.82, 2.24) is 4.31 Å². The normalized spacial score (nSPS) is 17.4. The maximum atomic E-state index is 13.1. The average Bonchev–Trinajstić information content (AvgIpc) is 2.75. The summed E-state index contributed by atoms with van der Waals surface area (Å²) in [4.78, 5) is 12.8. The van der Waals surface area contributed by atoms with Gasteiger partial charge >= 0.3 is 0 Å². The van der Waals surface area contributed by atoms with E-state index in [1.165, 1.54) is 30.7 Å². The quantitative estimate of drug-likeness (QED) is 0.722. The average molecular weight is 453 g/mol. The third-order valence-corrected chi connectivity index (χ3v) is 7.46. The number of hydrogen-bond donors (Lipinski definition) is 1. The van der Waals surface area contributed by atoms with E-state index in [4.69, 9.17) is 21.1 Å². The van der Waals surface area contributed by atoms with Crippen LogP contribution >= 0.6 is 11.6 Å². The second-order valence-electron chi connectivity index (χ2n) is 7.17. The van der Waals surface area contributed by atoms with Crippen LogP contribution in [0.2, 0.25) is 5.02 Å². The maximum absolute atomic E-state index is 13.1. The zero-order valence-corrected chi connectivity index (χ0v) is 18.7. The number of halogens is 1. The van der Waals surface area contributed by atoms with Crippen LogP contribution in [0.15, 0.2) is 41.3 Å². The molecule has 2 aromatic carbocycles. The lowest BCUT2D eigenvalue weighted by Gasteiger charge is -2.31. The Balaban J connectivity index is 1.76. The molecule has 30 heavy (non-hydrogen) atoms. The molecule has 0 unspecified atom stereocenters. The Morgan fingerprint density at radius 1 is 1.13 bits per heavy atom. The van der Waals surface area contributed by atoms with Gasteiger partial charge in [0.25, 0.3) is 0 Å². The van der Waals surface area contributed by atoms with Crippen molar-refractivity contribution in [2.75, 3.05) is 32.6 Å². The molecule has 0 radical (unpaired) electrons. The lowest BCUT2D eigenvalue weighted by molar-refractivity contribution is -0.120. The van der Waals surface area contributed by atoms with Crippen LogP contribution < -0.4 is 14.8 Å². The van der Waals surface area contributed by atoms with Gasteiger partial charge in [-0.15, -0.1) is 0 Å². The van der Waals surface area contributed by atoms with Gasteiger partial charge in [-0.25, -0.2) is 8.42 Å². The summed E-state index contributed by atoms with van der Waals surface area (Å²) >= 11 is 6.12. The number of hydrogen-bond acceptors (Lipinski definition) is 5. The van der Waals surface area contributed by atoms with Gasteiger partial charge in [0.1, 0.15) is 0 Å². The Bertz CT molecular complexity index is 1040. The van der Waals surface area contributed by atoms with Crippen molar-refractivity contribution >= 4 is 33.2 Å². The number of sulfonamides is 1. The number of aryl methyl sites for hydroxylation is 1. The summed E-state index contributed by atoms with van der Waals surface area (Å²) in [5.41, 5.74) is 1.51. The Morgan fingerprint density at radius 3 is 2.53 bits per heavy atom. The molecule has 0 bridgehead atoms. The standard InChI is InChI=1S/C21H25ClN2O5S/c1-14-6-7-16(11-18(14)22)23-21(25)15-5-4-10-24(13-15)30(26,27)17-8-9-19(28-2)20(12-17)29-3/h6-9,11-12,15H,4-5,10,13H2,1-3H3,(H,23,25)/t15-/m0/s1. The first-order valence-corrected chi connectivity index (χ1v) is 11.4. The minimum Gasteiger partial charge on any atom is -0.493 e. The molecule has 1 aliphatic heterocycles. The number of carbonyl (C=O) groups is 1. The Morgan fingerprint density at radius 2 is 1.87 bits per heavy atom. The number of ether oxygens (including phenoxy) is 2. The van der Waals surface area contributed by atoms with Crippen molar-refractivity contribution in [3.8, 4) is 11.5 Å². The summed E-state index contributed by atoms with van der Waals surface area (Å²) in [5, 5.41) is 3.41. The lowest BCUT2D eigenvalue weighted by atomic mass is 9.98. The fraction of sp³-hybridized carbons (Fsp3) is 0.381. The largest absolute Gasteiger partial charge is 0.493 e. The molecule has 0 aromatic heterocycles. The van der Waals surface area contributed by atoms with E-state index in [1.807, 2.05) is 13.0 Å². The van der Waals surface area contributed by atoms with E-state index in [0.717, 1.165) is 5.56 Å². The summed E-state index contributed by atoms with van der Waals surface area (Å²) in [6.07, 6.45) is 1.21. The molecule has 1 aliphatic rings. The molecule has 1 N–H and O–H groups in total. The fourth-order valence-electron chi connectivity index (χ4n) is 3.42.